The van der Waals surface area contributed by atoms with Crippen LogP contribution in [0, 0.1) is 0 Å². The van der Waals surface area contributed by atoms with Crippen LogP contribution in [0.25, 0.3) is 11.1 Å². The molecule has 0 radical (unpaired) electrons. The van der Waals surface area contributed by atoms with Crippen LogP contribution in [-0.2, 0) is 11.2 Å². The van der Waals surface area contributed by atoms with E-state index in [1.165, 1.54) is 0 Å². The third-order valence-electron chi connectivity index (χ3n) is 4.46. The second-order valence-corrected chi connectivity index (χ2v) is 8.65. The topological polar surface area (TPSA) is 76.4 Å². The Balaban J connectivity index is 1.29. The summed E-state index contributed by atoms with van der Waals surface area (Å²) in [5, 5.41) is 7.21. The molecule has 1 aromatic heterocycles. The number of halogens is 3. The molecule has 0 bridgehead atoms. The fourth-order valence-electron chi connectivity index (χ4n) is 2.97. The first-order valence-electron chi connectivity index (χ1n) is 9.68. The number of carbonyl (C=O) groups is 1. The Hall–Kier alpha value is -2.84. The van der Waals surface area contributed by atoms with Crippen molar-refractivity contribution in [2.24, 2.45) is 0 Å². The van der Waals surface area contributed by atoms with Crippen LogP contribution in [0.2, 0.25) is 15.1 Å². The number of amides is 1. The van der Waals surface area contributed by atoms with Crippen molar-refractivity contribution in [1.82, 2.24) is 10.3 Å². The summed E-state index contributed by atoms with van der Waals surface area (Å²) in [5.41, 5.74) is 2.81. The molecule has 0 unspecified atom stereocenters. The minimum Gasteiger partial charge on any atom is -0.484 e. The molecule has 0 aliphatic heterocycles. The van der Waals surface area contributed by atoms with Gasteiger partial charge in [-0.1, -0.05) is 46.9 Å². The standard InChI is InChI=1S/C23H16Cl3N3O3S/c24-14-3-7-17(8-4-14)31-12-20(30)29-23(33)27-16-5-1-13(2-6-16)9-21-28-19-11-15(25)10-18(26)22(19)32-21/h1-8,10-11H,9,12H2,(H2,27,29,30,33). The van der Waals surface area contributed by atoms with E-state index in [4.69, 9.17) is 56.2 Å². The third kappa shape index (κ3) is 6.36. The van der Waals surface area contributed by atoms with E-state index in [-0.39, 0.29) is 17.6 Å². The number of ether oxygens (including phenoxy) is 1. The molecule has 168 valence electrons. The first kappa shape index (κ1) is 23.3. The van der Waals surface area contributed by atoms with E-state index in [1.807, 2.05) is 24.3 Å². The molecule has 3 aromatic carbocycles. The van der Waals surface area contributed by atoms with E-state index >= 15 is 0 Å². The molecule has 2 N–H and O–H groups in total. The molecule has 0 fully saturated rings. The van der Waals surface area contributed by atoms with Crippen LogP contribution in [-0.4, -0.2) is 22.6 Å². The van der Waals surface area contributed by atoms with Gasteiger partial charge < -0.3 is 14.5 Å². The first-order valence-corrected chi connectivity index (χ1v) is 11.2. The molecular formula is C23H16Cl3N3O3S. The Morgan fingerprint density at radius 2 is 1.73 bits per heavy atom. The number of carbonyl (C=O) groups excluding carboxylic acids is 1. The highest BCUT2D eigenvalue weighted by atomic mass is 35.5. The second-order valence-electron chi connectivity index (χ2n) is 6.96. The number of nitrogens with one attached hydrogen (secondary N) is 2. The number of anilines is 1. The molecule has 0 aliphatic carbocycles. The summed E-state index contributed by atoms with van der Waals surface area (Å²) in [6.07, 6.45) is 0.478. The summed E-state index contributed by atoms with van der Waals surface area (Å²) in [7, 11) is 0. The number of benzene rings is 3. The van der Waals surface area contributed by atoms with Gasteiger partial charge in [0.25, 0.3) is 5.91 Å². The molecule has 4 aromatic rings. The summed E-state index contributed by atoms with van der Waals surface area (Å²) in [6, 6.07) is 17.5. The minimum absolute atomic E-state index is 0.165. The average molecular weight is 521 g/mol. The molecule has 4 rings (SSSR count). The van der Waals surface area contributed by atoms with Crippen molar-refractivity contribution in [1.29, 1.82) is 0 Å². The quantitative estimate of drug-likeness (QED) is 0.292. The largest absolute Gasteiger partial charge is 0.484 e. The summed E-state index contributed by atoms with van der Waals surface area (Å²) in [6.45, 7) is -0.178. The minimum atomic E-state index is -0.381. The van der Waals surface area contributed by atoms with Crippen LogP contribution in [0.1, 0.15) is 11.5 Å². The lowest BCUT2D eigenvalue weighted by Crippen LogP contribution is -2.37. The number of fused-ring (bicyclic) bond motifs is 1. The zero-order chi connectivity index (χ0) is 23.4. The van der Waals surface area contributed by atoms with E-state index in [2.05, 4.69) is 15.6 Å². The van der Waals surface area contributed by atoms with E-state index in [1.54, 1.807) is 36.4 Å². The van der Waals surface area contributed by atoms with Gasteiger partial charge in [0.05, 0.1) is 5.02 Å². The van der Waals surface area contributed by atoms with E-state index in [0.29, 0.717) is 44.2 Å². The lowest BCUT2D eigenvalue weighted by Gasteiger charge is -2.11. The highest BCUT2D eigenvalue weighted by Gasteiger charge is 2.12. The number of aromatic nitrogens is 1. The van der Waals surface area contributed by atoms with Crippen LogP contribution in [0.5, 0.6) is 5.75 Å². The van der Waals surface area contributed by atoms with Gasteiger partial charge in [0.1, 0.15) is 11.3 Å². The maximum absolute atomic E-state index is 12.0. The maximum Gasteiger partial charge on any atom is 0.264 e. The van der Waals surface area contributed by atoms with E-state index < -0.39 is 0 Å². The summed E-state index contributed by atoms with van der Waals surface area (Å²) in [5.74, 6) is 0.681. The van der Waals surface area contributed by atoms with Crippen LogP contribution in [0.15, 0.2) is 65.1 Å². The number of nitrogens with zero attached hydrogens (tertiary/aromatic N) is 1. The van der Waals surface area contributed by atoms with Gasteiger partial charge in [-0.3, -0.25) is 10.1 Å². The van der Waals surface area contributed by atoms with E-state index in [0.717, 1.165) is 11.3 Å². The monoisotopic (exact) mass is 519 g/mol. The predicted molar refractivity (Wildman–Crippen MR) is 135 cm³/mol. The Morgan fingerprint density at radius 1 is 1.00 bits per heavy atom. The van der Waals surface area contributed by atoms with Crippen LogP contribution in [0.3, 0.4) is 0 Å². The molecule has 0 spiro atoms. The second kappa shape index (κ2) is 10.4. The fraction of sp³-hybridized carbons (Fsp3) is 0.0870. The zero-order valence-electron chi connectivity index (χ0n) is 16.9. The Kier molecular flexibility index (Phi) is 7.35. The van der Waals surface area contributed by atoms with Gasteiger partial charge in [-0.2, -0.15) is 0 Å². The Morgan fingerprint density at radius 3 is 2.45 bits per heavy atom. The summed E-state index contributed by atoms with van der Waals surface area (Å²) >= 11 is 23.2. The Labute approximate surface area is 209 Å². The van der Waals surface area contributed by atoms with Crippen LogP contribution >= 0.6 is 47.0 Å². The highest BCUT2D eigenvalue weighted by molar-refractivity contribution is 7.80. The van der Waals surface area contributed by atoms with Crippen molar-refractivity contribution in [2.75, 3.05) is 11.9 Å². The molecule has 0 aliphatic rings. The summed E-state index contributed by atoms with van der Waals surface area (Å²) in [4.78, 5) is 16.5. The number of hydrogen-bond acceptors (Lipinski definition) is 5. The van der Waals surface area contributed by atoms with Crippen LogP contribution < -0.4 is 15.4 Å². The smallest absolute Gasteiger partial charge is 0.264 e. The molecule has 10 heteroatoms. The van der Waals surface area contributed by atoms with Gasteiger partial charge in [-0.15, -0.1) is 0 Å². The Bertz CT molecular complexity index is 1310. The predicted octanol–water partition coefficient (Wildman–Crippen LogP) is 6.27. The fourth-order valence-corrected chi connectivity index (χ4v) is 3.85. The first-order chi connectivity index (χ1) is 15.9. The molecule has 1 amide bonds. The lowest BCUT2D eigenvalue weighted by molar-refractivity contribution is -0.121. The molecular weight excluding hydrogens is 505 g/mol. The number of rotatable bonds is 6. The van der Waals surface area contributed by atoms with Crippen LogP contribution in [0.4, 0.5) is 5.69 Å². The van der Waals surface area contributed by atoms with Gasteiger partial charge in [0.2, 0.25) is 0 Å². The van der Waals surface area contributed by atoms with Crippen molar-refractivity contribution >= 4 is 74.8 Å². The van der Waals surface area contributed by atoms with E-state index in [9.17, 15) is 4.79 Å². The van der Waals surface area contributed by atoms with Gasteiger partial charge in [0, 0.05) is 22.2 Å². The van der Waals surface area contributed by atoms with Gasteiger partial charge in [-0.05, 0) is 66.3 Å². The van der Waals surface area contributed by atoms with Gasteiger partial charge in [-0.25, -0.2) is 4.98 Å². The lowest BCUT2D eigenvalue weighted by atomic mass is 10.1. The molecule has 1 heterocycles. The SMILES string of the molecule is O=C(COc1ccc(Cl)cc1)NC(=S)Nc1ccc(Cc2nc3cc(Cl)cc(Cl)c3o2)cc1. The molecule has 0 saturated carbocycles. The maximum atomic E-state index is 12.0. The van der Waals surface area contributed by atoms with Crippen molar-refractivity contribution in [3.05, 3.63) is 87.2 Å². The average Bonchev–Trinajstić information content (AvgIpc) is 3.17. The number of oxazole rings is 1. The van der Waals surface area contributed by atoms with Gasteiger partial charge in [0.15, 0.2) is 23.2 Å². The molecule has 0 atom stereocenters. The van der Waals surface area contributed by atoms with Crippen molar-refractivity contribution in [2.45, 2.75) is 6.42 Å². The molecule has 6 nitrogen and oxygen atoms in total. The van der Waals surface area contributed by atoms with Crippen molar-refractivity contribution in [3.63, 3.8) is 0 Å². The number of thiocarbonyl (C=S) groups is 1. The molecule has 33 heavy (non-hydrogen) atoms. The van der Waals surface area contributed by atoms with Gasteiger partial charge >= 0.3 is 0 Å². The summed E-state index contributed by atoms with van der Waals surface area (Å²) < 4.78 is 11.1. The van der Waals surface area contributed by atoms with Crippen molar-refractivity contribution in [3.8, 4) is 5.75 Å². The highest BCUT2D eigenvalue weighted by Crippen LogP contribution is 2.29. The zero-order valence-corrected chi connectivity index (χ0v) is 20.0. The third-order valence-corrected chi connectivity index (χ3v) is 5.41. The number of hydrogen-bond donors (Lipinski definition) is 2. The van der Waals surface area contributed by atoms with Crippen molar-refractivity contribution < 1.29 is 13.9 Å². The molecule has 0 saturated heterocycles. The normalized spacial score (nSPS) is 10.8.